The van der Waals surface area contributed by atoms with Gasteiger partial charge in [0.25, 0.3) is 0 Å². The fourth-order valence-electron chi connectivity index (χ4n) is 4.73. The molecule has 5 rings (SSSR count). The first-order valence-electron chi connectivity index (χ1n) is 11.6. The van der Waals surface area contributed by atoms with Crippen LogP contribution in [-0.2, 0) is 23.1 Å². The van der Waals surface area contributed by atoms with Crippen LogP contribution in [0, 0.1) is 5.41 Å². The normalized spacial score (nSPS) is 21.1. The summed E-state index contributed by atoms with van der Waals surface area (Å²) in [5, 5.41) is 6.92. The van der Waals surface area contributed by atoms with E-state index in [-0.39, 0.29) is 17.0 Å². The Balaban J connectivity index is 1.36. The number of carbonyl (C=O) groups excluding carboxylic acids is 1. The molecule has 2 aliphatic carbocycles. The largest absolute Gasteiger partial charge is 0.444 e. The van der Waals surface area contributed by atoms with Crippen molar-refractivity contribution in [3.8, 4) is 0 Å². The Kier molecular flexibility index (Phi) is 5.52. The molecule has 1 saturated carbocycles. The molecule has 2 aromatic heterocycles. The average molecular weight is 511 g/mol. The Bertz CT molecular complexity index is 1160. The molecule has 2 heterocycles. The van der Waals surface area contributed by atoms with Gasteiger partial charge in [-0.2, -0.15) is 0 Å². The lowest BCUT2D eigenvalue weighted by Gasteiger charge is -2.31. The van der Waals surface area contributed by atoms with Crippen molar-refractivity contribution in [3.05, 3.63) is 70.1 Å². The molecule has 0 spiro atoms. The van der Waals surface area contributed by atoms with Gasteiger partial charge in [0.1, 0.15) is 11.2 Å². The maximum absolute atomic E-state index is 12.2. The van der Waals surface area contributed by atoms with E-state index in [9.17, 15) is 4.79 Å². The molecule has 1 aromatic carbocycles. The van der Waals surface area contributed by atoms with Crippen molar-refractivity contribution in [2.75, 3.05) is 13.1 Å². The Labute approximate surface area is 203 Å². The second kappa shape index (κ2) is 8.13. The Morgan fingerprint density at radius 3 is 2.67 bits per heavy atom. The minimum atomic E-state index is -0.490. The topological polar surface area (TPSA) is 67.7 Å². The molecule has 2 aliphatic rings. The van der Waals surface area contributed by atoms with Crippen LogP contribution < -0.4 is 10.6 Å². The Morgan fingerprint density at radius 1 is 1.15 bits per heavy atom. The van der Waals surface area contributed by atoms with E-state index in [1.807, 2.05) is 45.2 Å². The van der Waals surface area contributed by atoms with E-state index in [0.717, 1.165) is 48.0 Å². The molecule has 6 nitrogen and oxygen atoms in total. The summed E-state index contributed by atoms with van der Waals surface area (Å²) in [6.45, 7) is 7.10. The molecule has 174 valence electrons. The van der Waals surface area contributed by atoms with Gasteiger partial charge in [-0.1, -0.05) is 28.1 Å². The number of alkyl carbamates (subject to hydrolysis) is 1. The lowest BCUT2D eigenvalue weighted by atomic mass is 9.90. The van der Waals surface area contributed by atoms with Gasteiger partial charge in [0.2, 0.25) is 0 Å². The Morgan fingerprint density at radius 2 is 1.94 bits per heavy atom. The Hall–Kier alpha value is -2.38. The molecule has 0 bridgehead atoms. The maximum atomic E-state index is 12.2. The minimum absolute atomic E-state index is 0.0679. The van der Waals surface area contributed by atoms with Crippen LogP contribution in [0.25, 0.3) is 5.65 Å². The number of carbonyl (C=O) groups is 1. The predicted octanol–water partition coefficient (Wildman–Crippen LogP) is 4.99. The predicted molar refractivity (Wildman–Crippen MR) is 132 cm³/mol. The van der Waals surface area contributed by atoms with Gasteiger partial charge in [-0.15, -0.1) is 0 Å². The number of rotatable bonds is 6. The number of hydrogen-bond acceptors (Lipinski definition) is 4. The third-order valence-electron chi connectivity index (χ3n) is 6.77. The smallest absolute Gasteiger partial charge is 0.407 e. The summed E-state index contributed by atoms with van der Waals surface area (Å²) in [6, 6.07) is 12.7. The highest BCUT2D eigenvalue weighted by Gasteiger charge is 2.47. The number of hydrogen-bond donors (Lipinski definition) is 2. The fourth-order valence-corrected chi connectivity index (χ4v) is 5.14. The zero-order chi connectivity index (χ0) is 23.3. The number of pyridine rings is 1. The van der Waals surface area contributed by atoms with Gasteiger partial charge in [-0.3, -0.25) is 0 Å². The molecule has 2 N–H and O–H groups in total. The van der Waals surface area contributed by atoms with Crippen LogP contribution in [0.15, 0.2) is 53.3 Å². The molecule has 1 atom stereocenters. The highest BCUT2D eigenvalue weighted by atomic mass is 79.9. The fraction of sp³-hybridized carbons (Fsp3) is 0.462. The van der Waals surface area contributed by atoms with Gasteiger partial charge in [0, 0.05) is 35.4 Å². The third-order valence-corrected chi connectivity index (χ3v) is 7.27. The number of ether oxygens (including phenoxy) is 1. The van der Waals surface area contributed by atoms with E-state index >= 15 is 0 Å². The van der Waals surface area contributed by atoms with E-state index in [1.165, 1.54) is 11.1 Å². The molecule has 0 saturated heterocycles. The lowest BCUT2D eigenvalue weighted by Crippen LogP contribution is -2.48. The summed E-state index contributed by atoms with van der Waals surface area (Å²) in [4.78, 5) is 17.2. The lowest BCUT2D eigenvalue weighted by molar-refractivity contribution is 0.0515. The first kappa shape index (κ1) is 22.4. The van der Waals surface area contributed by atoms with Crippen LogP contribution >= 0.6 is 15.9 Å². The highest BCUT2D eigenvalue weighted by molar-refractivity contribution is 9.10. The number of benzene rings is 1. The molecule has 1 fully saturated rings. The van der Waals surface area contributed by atoms with Gasteiger partial charge < -0.3 is 19.8 Å². The van der Waals surface area contributed by atoms with Crippen LogP contribution in [0.1, 0.15) is 50.4 Å². The molecular formula is C26H31BrN4O2. The van der Waals surface area contributed by atoms with Crippen LogP contribution in [0.2, 0.25) is 0 Å². The number of amides is 1. The third kappa shape index (κ3) is 4.80. The van der Waals surface area contributed by atoms with Crippen LogP contribution in [0.4, 0.5) is 4.79 Å². The molecule has 0 radical (unpaired) electrons. The standard InChI is InChI=1S/C26H31BrN4O2/c1-24(2,3)33-23(32)28-16-25(9-10-25)17-29-26(13-18-7-8-20(27)12-19(18)14-26)21-15-31-11-5-4-6-22(31)30-21/h4-8,11-12,15,29H,9-10,13-14,16-17H2,1-3H3,(H,28,32). The second-order valence-corrected chi connectivity index (χ2v) is 11.6. The zero-order valence-corrected chi connectivity index (χ0v) is 21.0. The number of halogens is 1. The molecule has 3 aromatic rings. The van der Waals surface area contributed by atoms with E-state index in [4.69, 9.17) is 9.72 Å². The molecule has 33 heavy (non-hydrogen) atoms. The number of imidazole rings is 1. The summed E-state index contributed by atoms with van der Waals surface area (Å²) in [5.74, 6) is 0. The monoisotopic (exact) mass is 510 g/mol. The van der Waals surface area contributed by atoms with Crippen molar-refractivity contribution in [2.45, 2.75) is 57.6 Å². The highest BCUT2D eigenvalue weighted by Crippen LogP contribution is 2.46. The molecule has 1 unspecified atom stereocenters. The number of nitrogens with one attached hydrogen (secondary N) is 2. The molecule has 0 aliphatic heterocycles. The van der Waals surface area contributed by atoms with Crippen molar-refractivity contribution < 1.29 is 9.53 Å². The zero-order valence-electron chi connectivity index (χ0n) is 19.5. The van der Waals surface area contributed by atoms with E-state index in [0.29, 0.717) is 6.54 Å². The van der Waals surface area contributed by atoms with Crippen LogP contribution in [0.3, 0.4) is 0 Å². The summed E-state index contributed by atoms with van der Waals surface area (Å²) in [7, 11) is 0. The van der Waals surface area contributed by atoms with Crippen molar-refractivity contribution in [1.82, 2.24) is 20.0 Å². The number of fused-ring (bicyclic) bond motifs is 2. The van der Waals surface area contributed by atoms with E-state index < -0.39 is 5.60 Å². The average Bonchev–Trinajstić information content (AvgIpc) is 3.22. The number of nitrogens with zero attached hydrogens (tertiary/aromatic N) is 2. The molecule has 1 amide bonds. The molecule has 7 heteroatoms. The first-order chi connectivity index (χ1) is 15.7. The van der Waals surface area contributed by atoms with Gasteiger partial charge in [-0.05, 0) is 81.8 Å². The molecular weight excluding hydrogens is 480 g/mol. The summed E-state index contributed by atoms with van der Waals surface area (Å²) < 4.78 is 8.62. The quantitative estimate of drug-likeness (QED) is 0.490. The first-order valence-corrected chi connectivity index (χ1v) is 12.4. The maximum Gasteiger partial charge on any atom is 0.407 e. The van der Waals surface area contributed by atoms with Gasteiger partial charge in [0.15, 0.2) is 0 Å². The van der Waals surface area contributed by atoms with E-state index in [2.05, 4.69) is 55.4 Å². The summed E-state index contributed by atoms with van der Waals surface area (Å²) in [5.41, 5.74) is 4.05. The van der Waals surface area contributed by atoms with Crippen molar-refractivity contribution in [2.24, 2.45) is 5.41 Å². The van der Waals surface area contributed by atoms with E-state index in [1.54, 1.807) is 0 Å². The SMILES string of the molecule is CC(C)(C)OC(=O)NCC1(CNC2(c3cn4ccccc4n3)Cc3ccc(Br)cc3C2)CC1. The number of aromatic nitrogens is 2. The van der Waals surface area contributed by atoms with Gasteiger partial charge in [0.05, 0.1) is 11.2 Å². The van der Waals surface area contributed by atoms with Crippen LogP contribution in [-0.4, -0.2) is 34.2 Å². The van der Waals surface area contributed by atoms with Gasteiger partial charge >= 0.3 is 6.09 Å². The van der Waals surface area contributed by atoms with Gasteiger partial charge in [-0.25, -0.2) is 9.78 Å². The van der Waals surface area contributed by atoms with Crippen LogP contribution in [0.5, 0.6) is 0 Å². The van der Waals surface area contributed by atoms with Crippen molar-refractivity contribution in [3.63, 3.8) is 0 Å². The summed E-state index contributed by atoms with van der Waals surface area (Å²) >= 11 is 3.63. The summed E-state index contributed by atoms with van der Waals surface area (Å²) in [6.07, 6.45) is 7.83. The van der Waals surface area contributed by atoms with Crippen molar-refractivity contribution >= 4 is 27.7 Å². The van der Waals surface area contributed by atoms with Crippen molar-refractivity contribution in [1.29, 1.82) is 0 Å². The second-order valence-electron chi connectivity index (χ2n) is 10.6. The minimum Gasteiger partial charge on any atom is -0.444 e.